The number of fused-ring (bicyclic) bond motifs is 1. The van der Waals surface area contributed by atoms with Crippen LogP contribution in [0.2, 0.25) is 0 Å². The van der Waals surface area contributed by atoms with Crippen LogP contribution < -0.4 is 5.73 Å². The first-order valence-electron chi connectivity index (χ1n) is 5.91. The van der Waals surface area contributed by atoms with Crippen LogP contribution in [0.4, 0.5) is 13.2 Å². The van der Waals surface area contributed by atoms with Crippen LogP contribution >= 0.6 is 0 Å². The van der Waals surface area contributed by atoms with Crippen LogP contribution in [0.25, 0.3) is 0 Å². The van der Waals surface area contributed by atoms with Crippen molar-refractivity contribution in [3.8, 4) is 0 Å². The molecule has 0 bridgehead atoms. The van der Waals surface area contributed by atoms with E-state index in [2.05, 4.69) is 0 Å². The highest BCUT2D eigenvalue weighted by atomic mass is 19.4. The Morgan fingerprint density at radius 1 is 1.35 bits per heavy atom. The summed E-state index contributed by atoms with van der Waals surface area (Å²) in [6.45, 7) is 6.11. The van der Waals surface area contributed by atoms with Crippen molar-refractivity contribution in [1.82, 2.24) is 4.57 Å². The third-order valence-electron chi connectivity index (χ3n) is 2.95. The highest BCUT2D eigenvalue weighted by Crippen LogP contribution is 2.35. The fourth-order valence-electron chi connectivity index (χ4n) is 2.14. The first-order chi connectivity index (χ1) is 7.89. The van der Waals surface area contributed by atoms with Crippen LogP contribution in [-0.2, 0) is 19.1 Å². The van der Waals surface area contributed by atoms with Crippen LogP contribution in [0.3, 0.4) is 0 Å². The summed E-state index contributed by atoms with van der Waals surface area (Å²) in [4.78, 5) is 0. The minimum Gasteiger partial charge on any atom is -0.348 e. The van der Waals surface area contributed by atoms with Gasteiger partial charge in [-0.1, -0.05) is 13.8 Å². The number of hydrogen-bond acceptors (Lipinski definition) is 1. The van der Waals surface area contributed by atoms with Gasteiger partial charge in [0.2, 0.25) is 0 Å². The predicted octanol–water partition coefficient (Wildman–Crippen LogP) is 3.12. The van der Waals surface area contributed by atoms with Crippen molar-refractivity contribution >= 4 is 0 Å². The third-order valence-corrected chi connectivity index (χ3v) is 2.95. The molecule has 2 rings (SSSR count). The van der Waals surface area contributed by atoms with E-state index in [-0.39, 0.29) is 6.04 Å². The molecule has 1 aliphatic rings. The van der Waals surface area contributed by atoms with E-state index in [4.69, 9.17) is 5.73 Å². The number of alkyl halides is 3. The van der Waals surface area contributed by atoms with Gasteiger partial charge in [0.15, 0.2) is 0 Å². The first kappa shape index (κ1) is 14.1. The van der Waals surface area contributed by atoms with Crippen LogP contribution in [0, 0.1) is 6.92 Å². The van der Waals surface area contributed by atoms with E-state index in [1.165, 1.54) is 13.0 Å². The predicted molar refractivity (Wildman–Crippen MR) is 61.8 cm³/mol. The van der Waals surface area contributed by atoms with Gasteiger partial charge in [-0.25, -0.2) is 0 Å². The fraction of sp³-hybridized carbons (Fsp3) is 0.667. The lowest BCUT2D eigenvalue weighted by molar-refractivity contribution is -0.138. The van der Waals surface area contributed by atoms with Crippen LogP contribution in [0.5, 0.6) is 0 Å². The average molecular weight is 248 g/mol. The molecule has 0 aliphatic carbocycles. The van der Waals surface area contributed by atoms with Crippen molar-refractivity contribution in [2.75, 3.05) is 0 Å². The Balaban J connectivity index is 0.000000686. The largest absolute Gasteiger partial charge is 0.418 e. The maximum Gasteiger partial charge on any atom is 0.418 e. The molecule has 0 aromatic carbocycles. The molecule has 1 aliphatic heterocycles. The summed E-state index contributed by atoms with van der Waals surface area (Å²) in [5, 5.41) is 0. The van der Waals surface area contributed by atoms with Crippen molar-refractivity contribution in [3.05, 3.63) is 23.0 Å². The van der Waals surface area contributed by atoms with Crippen LogP contribution in [0.1, 0.15) is 37.2 Å². The highest BCUT2D eigenvalue weighted by Gasteiger charge is 2.36. The maximum absolute atomic E-state index is 12.6. The summed E-state index contributed by atoms with van der Waals surface area (Å²) in [6.07, 6.45) is -2.96. The van der Waals surface area contributed by atoms with Crippen molar-refractivity contribution in [1.29, 1.82) is 0 Å². The summed E-state index contributed by atoms with van der Waals surface area (Å²) in [5.41, 5.74) is 6.22. The Labute approximate surface area is 99.6 Å². The molecule has 2 N–H and O–H groups in total. The normalized spacial score (nSPS) is 19.4. The monoisotopic (exact) mass is 248 g/mol. The van der Waals surface area contributed by atoms with E-state index >= 15 is 0 Å². The molecular weight excluding hydrogens is 229 g/mol. The molecule has 0 saturated carbocycles. The van der Waals surface area contributed by atoms with Gasteiger partial charge in [-0.2, -0.15) is 13.2 Å². The molecule has 17 heavy (non-hydrogen) atoms. The number of nitrogens with two attached hydrogens (primary N) is 1. The Hall–Kier alpha value is -0.970. The molecule has 1 unspecified atom stereocenters. The van der Waals surface area contributed by atoms with Gasteiger partial charge in [0, 0.05) is 30.4 Å². The van der Waals surface area contributed by atoms with E-state index in [9.17, 15) is 13.2 Å². The molecule has 1 aromatic heterocycles. The molecule has 0 radical (unpaired) electrons. The summed E-state index contributed by atoms with van der Waals surface area (Å²) < 4.78 is 39.5. The van der Waals surface area contributed by atoms with E-state index in [0.29, 0.717) is 24.4 Å². The lowest BCUT2D eigenvalue weighted by atomic mass is 10.1. The summed E-state index contributed by atoms with van der Waals surface area (Å²) in [7, 11) is 0. The summed E-state index contributed by atoms with van der Waals surface area (Å²) >= 11 is 0. The van der Waals surface area contributed by atoms with E-state index in [1.54, 1.807) is 4.57 Å². The van der Waals surface area contributed by atoms with Gasteiger partial charge in [-0.05, 0) is 19.4 Å². The van der Waals surface area contributed by atoms with Crippen LogP contribution in [-0.4, -0.2) is 10.6 Å². The maximum atomic E-state index is 12.6. The van der Waals surface area contributed by atoms with Crippen molar-refractivity contribution in [3.63, 3.8) is 0 Å². The van der Waals surface area contributed by atoms with Crippen molar-refractivity contribution < 1.29 is 13.2 Å². The third kappa shape index (κ3) is 2.83. The molecule has 0 saturated heterocycles. The number of aromatic nitrogens is 1. The van der Waals surface area contributed by atoms with Gasteiger partial charge in [-0.15, -0.1) is 0 Å². The average Bonchev–Trinajstić information content (AvgIpc) is 2.58. The zero-order chi connectivity index (χ0) is 13.2. The Kier molecular flexibility index (Phi) is 4.25. The number of halogens is 3. The molecule has 2 heterocycles. The first-order valence-corrected chi connectivity index (χ1v) is 5.91. The van der Waals surface area contributed by atoms with Crippen molar-refractivity contribution in [2.45, 2.75) is 52.4 Å². The number of hydrogen-bond donors (Lipinski definition) is 1. The van der Waals surface area contributed by atoms with Gasteiger partial charge in [-0.3, -0.25) is 0 Å². The molecule has 98 valence electrons. The zero-order valence-corrected chi connectivity index (χ0v) is 10.4. The molecular formula is C12H19F3N2. The fourth-order valence-corrected chi connectivity index (χ4v) is 2.14. The highest BCUT2D eigenvalue weighted by molar-refractivity contribution is 5.31. The zero-order valence-electron chi connectivity index (χ0n) is 10.4. The van der Waals surface area contributed by atoms with Gasteiger partial charge in [0.05, 0.1) is 5.56 Å². The second kappa shape index (κ2) is 5.12. The lowest BCUT2D eigenvalue weighted by Crippen LogP contribution is -2.30. The van der Waals surface area contributed by atoms with Gasteiger partial charge >= 0.3 is 6.18 Å². The lowest BCUT2D eigenvalue weighted by Gasteiger charge is -2.22. The van der Waals surface area contributed by atoms with Crippen molar-refractivity contribution in [2.24, 2.45) is 5.73 Å². The SMILES string of the molecule is CC.Cc1c(C(F)(F)F)cc2n1CCC(N)C2. The standard InChI is InChI=1S/C10H13F3N2.C2H6/c1-6-9(10(11,12)13)5-8-4-7(14)2-3-15(6)8;1-2/h5,7H,2-4,14H2,1H3;1-2H3. The van der Waals surface area contributed by atoms with E-state index in [1.807, 2.05) is 13.8 Å². The molecule has 1 aromatic rings. The summed E-state index contributed by atoms with van der Waals surface area (Å²) in [5.74, 6) is 0. The van der Waals surface area contributed by atoms with Crippen LogP contribution in [0.15, 0.2) is 6.07 Å². The van der Waals surface area contributed by atoms with E-state index < -0.39 is 11.7 Å². The van der Waals surface area contributed by atoms with E-state index in [0.717, 1.165) is 6.42 Å². The molecule has 0 fully saturated rings. The molecule has 1 atom stereocenters. The number of rotatable bonds is 0. The summed E-state index contributed by atoms with van der Waals surface area (Å²) in [6, 6.07) is 1.22. The second-order valence-electron chi connectivity index (χ2n) is 4.04. The Morgan fingerprint density at radius 3 is 2.47 bits per heavy atom. The minimum atomic E-state index is -4.25. The molecule has 2 nitrogen and oxygen atoms in total. The van der Waals surface area contributed by atoms with Gasteiger partial charge in [0.1, 0.15) is 0 Å². The second-order valence-corrected chi connectivity index (χ2v) is 4.04. The van der Waals surface area contributed by atoms with Gasteiger partial charge < -0.3 is 10.3 Å². The topological polar surface area (TPSA) is 30.9 Å². The smallest absolute Gasteiger partial charge is 0.348 e. The molecule has 5 heteroatoms. The Morgan fingerprint density at radius 2 is 1.94 bits per heavy atom. The Bertz CT molecular complexity index is 380. The molecule has 0 amide bonds. The molecule has 0 spiro atoms. The quantitative estimate of drug-likeness (QED) is 0.751. The minimum absolute atomic E-state index is 0.00659. The van der Waals surface area contributed by atoms with Gasteiger partial charge in [0.25, 0.3) is 0 Å². The number of nitrogens with zero attached hydrogens (tertiary/aromatic N) is 1.